The first-order chi connectivity index (χ1) is 13.4. The van der Waals surface area contributed by atoms with Gasteiger partial charge in [0.15, 0.2) is 11.5 Å². The zero-order chi connectivity index (χ0) is 19.9. The van der Waals surface area contributed by atoms with E-state index in [1.807, 2.05) is 29.8 Å². The Labute approximate surface area is 166 Å². The van der Waals surface area contributed by atoms with Crippen LogP contribution in [0.3, 0.4) is 0 Å². The molecule has 0 saturated carbocycles. The lowest BCUT2D eigenvalue weighted by atomic mass is 9.84. The number of likely N-dealkylation sites (tertiary alicyclic amines) is 1. The van der Waals surface area contributed by atoms with E-state index >= 15 is 0 Å². The van der Waals surface area contributed by atoms with Gasteiger partial charge in [0.2, 0.25) is 6.79 Å². The topological polar surface area (TPSA) is 59.8 Å². The molecule has 2 aliphatic heterocycles. The van der Waals surface area contributed by atoms with Crippen LogP contribution in [0.15, 0.2) is 30.4 Å². The molecular formula is C22H29N3O3. The van der Waals surface area contributed by atoms with Gasteiger partial charge in [-0.2, -0.15) is 5.10 Å². The van der Waals surface area contributed by atoms with Gasteiger partial charge in [-0.3, -0.25) is 9.58 Å². The number of fused-ring (bicyclic) bond motifs is 1. The number of hydrogen-bond donors (Lipinski definition) is 1. The molecule has 1 N–H and O–H groups in total. The molecule has 150 valence electrons. The maximum atomic E-state index is 11.2. The lowest BCUT2D eigenvalue weighted by molar-refractivity contribution is -0.0279. The van der Waals surface area contributed by atoms with Crippen molar-refractivity contribution in [3.63, 3.8) is 0 Å². The fourth-order valence-corrected chi connectivity index (χ4v) is 4.15. The summed E-state index contributed by atoms with van der Waals surface area (Å²) < 4.78 is 12.9. The molecule has 6 nitrogen and oxygen atoms in total. The quantitative estimate of drug-likeness (QED) is 0.803. The van der Waals surface area contributed by atoms with E-state index in [0.29, 0.717) is 12.8 Å². The van der Waals surface area contributed by atoms with Crippen molar-refractivity contribution in [3.05, 3.63) is 52.9 Å². The average molecular weight is 383 g/mol. The van der Waals surface area contributed by atoms with E-state index in [2.05, 4.69) is 30.4 Å². The molecule has 1 saturated heterocycles. The minimum atomic E-state index is -0.814. The van der Waals surface area contributed by atoms with Crippen molar-refractivity contribution in [1.29, 1.82) is 0 Å². The number of hydrogen-bond acceptors (Lipinski definition) is 5. The Morgan fingerprint density at radius 2 is 1.93 bits per heavy atom. The summed E-state index contributed by atoms with van der Waals surface area (Å²) >= 11 is 0. The summed E-state index contributed by atoms with van der Waals surface area (Å²) in [5.74, 6) is 1.48. The molecule has 0 atom stereocenters. The normalized spacial score (nSPS) is 18.4. The molecule has 0 amide bonds. The summed E-state index contributed by atoms with van der Waals surface area (Å²) in [4.78, 5) is 2.41. The molecule has 2 aliphatic rings. The van der Waals surface area contributed by atoms with Crippen molar-refractivity contribution in [2.75, 3.05) is 19.9 Å². The van der Waals surface area contributed by atoms with Crippen molar-refractivity contribution in [3.8, 4) is 11.5 Å². The van der Waals surface area contributed by atoms with Crippen molar-refractivity contribution < 1.29 is 14.6 Å². The Morgan fingerprint density at radius 1 is 1.21 bits per heavy atom. The first kappa shape index (κ1) is 19.0. The summed E-state index contributed by atoms with van der Waals surface area (Å²) in [5, 5.41) is 15.9. The van der Waals surface area contributed by atoms with Crippen molar-refractivity contribution >= 4 is 0 Å². The van der Waals surface area contributed by atoms with Crippen LogP contribution < -0.4 is 9.47 Å². The number of benzene rings is 1. The van der Waals surface area contributed by atoms with E-state index in [-0.39, 0.29) is 6.79 Å². The highest BCUT2D eigenvalue weighted by atomic mass is 16.7. The van der Waals surface area contributed by atoms with Crippen LogP contribution >= 0.6 is 0 Å². The van der Waals surface area contributed by atoms with E-state index < -0.39 is 5.60 Å². The van der Waals surface area contributed by atoms with Gasteiger partial charge >= 0.3 is 0 Å². The third-order valence-corrected chi connectivity index (χ3v) is 5.93. The predicted octanol–water partition coefficient (Wildman–Crippen LogP) is 3.29. The second-order valence-electron chi connectivity index (χ2n) is 8.14. The zero-order valence-corrected chi connectivity index (χ0v) is 17.0. The fourth-order valence-electron chi connectivity index (χ4n) is 4.15. The van der Waals surface area contributed by atoms with E-state index in [1.165, 1.54) is 11.3 Å². The summed E-state index contributed by atoms with van der Waals surface area (Å²) in [6.07, 6.45) is 1.40. The van der Waals surface area contributed by atoms with E-state index in [0.717, 1.165) is 54.5 Å². The number of allylic oxidation sites excluding steroid dienone is 1. The van der Waals surface area contributed by atoms with Crippen LogP contribution in [0, 0.1) is 13.8 Å². The zero-order valence-electron chi connectivity index (χ0n) is 17.0. The van der Waals surface area contributed by atoms with E-state index in [4.69, 9.17) is 9.47 Å². The Bertz CT molecular complexity index is 895. The van der Waals surface area contributed by atoms with Crippen molar-refractivity contribution in [2.24, 2.45) is 0 Å². The maximum absolute atomic E-state index is 11.2. The van der Waals surface area contributed by atoms with E-state index in [1.54, 1.807) is 0 Å². The largest absolute Gasteiger partial charge is 0.454 e. The minimum absolute atomic E-state index is 0.253. The highest BCUT2D eigenvalue weighted by molar-refractivity contribution is 5.46. The molecule has 0 spiro atoms. The molecule has 28 heavy (non-hydrogen) atoms. The van der Waals surface area contributed by atoms with Crippen LogP contribution in [0.25, 0.3) is 0 Å². The number of aryl methyl sites for hydroxylation is 1. The second-order valence-corrected chi connectivity index (χ2v) is 8.14. The molecule has 0 radical (unpaired) electrons. The van der Waals surface area contributed by atoms with Gasteiger partial charge in [0.1, 0.15) is 0 Å². The van der Waals surface area contributed by atoms with Gasteiger partial charge in [-0.25, -0.2) is 0 Å². The lowest BCUT2D eigenvalue weighted by Crippen LogP contribution is -2.42. The standard InChI is InChI=1S/C22H29N3O3/c1-15(2)12-25-17(4)19(16(3)23-25)13-24-9-7-22(26,8-10-24)18-5-6-20-21(11-18)28-14-27-20/h5-6,11,26H,1,7-10,12-14H2,2-4H3. The van der Waals surface area contributed by atoms with Crippen LogP contribution in [0.1, 0.15) is 42.3 Å². The van der Waals surface area contributed by atoms with Gasteiger partial charge in [-0.1, -0.05) is 18.2 Å². The SMILES string of the molecule is C=C(C)Cn1nc(C)c(CN2CCC(O)(c3ccc4c(c3)OCO4)CC2)c1C. The highest BCUT2D eigenvalue weighted by Gasteiger charge is 2.35. The summed E-state index contributed by atoms with van der Waals surface area (Å²) in [5.41, 5.74) is 4.77. The smallest absolute Gasteiger partial charge is 0.231 e. The minimum Gasteiger partial charge on any atom is -0.454 e. The molecule has 6 heteroatoms. The van der Waals surface area contributed by atoms with Gasteiger partial charge in [0.25, 0.3) is 0 Å². The molecule has 0 unspecified atom stereocenters. The Hall–Kier alpha value is -2.31. The Balaban J connectivity index is 1.43. The van der Waals surface area contributed by atoms with Crippen LogP contribution in [0.5, 0.6) is 11.5 Å². The van der Waals surface area contributed by atoms with Gasteiger partial charge in [0.05, 0.1) is 17.8 Å². The Morgan fingerprint density at radius 3 is 2.64 bits per heavy atom. The lowest BCUT2D eigenvalue weighted by Gasteiger charge is -2.38. The maximum Gasteiger partial charge on any atom is 0.231 e. The van der Waals surface area contributed by atoms with Gasteiger partial charge in [0, 0.05) is 30.9 Å². The average Bonchev–Trinajstić information content (AvgIpc) is 3.22. The molecule has 0 bridgehead atoms. The van der Waals surface area contributed by atoms with E-state index in [9.17, 15) is 5.11 Å². The van der Waals surface area contributed by atoms with Crippen molar-refractivity contribution in [2.45, 2.75) is 52.3 Å². The first-order valence-electron chi connectivity index (χ1n) is 9.88. The first-order valence-corrected chi connectivity index (χ1v) is 9.88. The second kappa shape index (κ2) is 7.26. The molecule has 3 heterocycles. The molecule has 1 aromatic carbocycles. The van der Waals surface area contributed by atoms with Gasteiger partial charge < -0.3 is 14.6 Å². The molecule has 1 fully saturated rings. The predicted molar refractivity (Wildman–Crippen MR) is 107 cm³/mol. The number of aliphatic hydroxyl groups is 1. The van der Waals surface area contributed by atoms with Gasteiger partial charge in [-0.05, 0) is 51.3 Å². The summed E-state index contributed by atoms with van der Waals surface area (Å²) in [7, 11) is 0. The summed E-state index contributed by atoms with van der Waals surface area (Å²) in [6.45, 7) is 13.8. The van der Waals surface area contributed by atoms with Crippen LogP contribution in [0.2, 0.25) is 0 Å². The molecule has 0 aliphatic carbocycles. The van der Waals surface area contributed by atoms with Crippen LogP contribution in [-0.2, 0) is 18.7 Å². The number of aromatic nitrogens is 2. The number of nitrogens with zero attached hydrogens (tertiary/aromatic N) is 3. The van der Waals surface area contributed by atoms with Crippen LogP contribution in [-0.4, -0.2) is 39.7 Å². The molecule has 4 rings (SSSR count). The molecule has 1 aromatic heterocycles. The fraction of sp³-hybridized carbons (Fsp3) is 0.500. The Kier molecular flexibility index (Phi) is 4.93. The third kappa shape index (κ3) is 3.54. The number of piperidine rings is 1. The number of ether oxygens (including phenoxy) is 2. The molecule has 2 aromatic rings. The molecular weight excluding hydrogens is 354 g/mol. The van der Waals surface area contributed by atoms with Crippen molar-refractivity contribution in [1.82, 2.24) is 14.7 Å². The summed E-state index contributed by atoms with van der Waals surface area (Å²) in [6, 6.07) is 5.78. The monoisotopic (exact) mass is 383 g/mol. The van der Waals surface area contributed by atoms with Gasteiger partial charge in [-0.15, -0.1) is 0 Å². The highest BCUT2D eigenvalue weighted by Crippen LogP contribution is 2.39. The number of rotatable bonds is 5. The third-order valence-electron chi connectivity index (χ3n) is 5.93. The van der Waals surface area contributed by atoms with Crippen LogP contribution in [0.4, 0.5) is 0 Å².